The highest BCUT2D eigenvalue weighted by Crippen LogP contribution is 2.41. The van der Waals surface area contributed by atoms with Crippen LogP contribution in [0.25, 0.3) is 0 Å². The zero-order valence-corrected chi connectivity index (χ0v) is 13.6. The molecule has 0 aromatic heterocycles. The molecule has 0 aliphatic heterocycles. The van der Waals surface area contributed by atoms with Crippen molar-refractivity contribution in [3.8, 4) is 0 Å². The van der Waals surface area contributed by atoms with Gasteiger partial charge in [0.2, 0.25) is 0 Å². The van der Waals surface area contributed by atoms with Gasteiger partial charge >= 0.3 is 12.1 Å². The summed E-state index contributed by atoms with van der Waals surface area (Å²) < 4.78 is 45.6. The highest BCUT2D eigenvalue weighted by Gasteiger charge is 2.54. The van der Waals surface area contributed by atoms with Gasteiger partial charge in [0.05, 0.1) is 0 Å². The fraction of sp³-hybridized carbons (Fsp3) is 0.923. The largest absolute Gasteiger partial charge is 0.481 e. The van der Waals surface area contributed by atoms with Gasteiger partial charge in [-0.3, -0.25) is 4.79 Å². The first-order valence-corrected chi connectivity index (χ1v) is 9.57. The lowest BCUT2D eigenvalue weighted by Gasteiger charge is -2.41. The minimum atomic E-state index is -4.48. The monoisotopic (exact) mass is 314 g/mol. The van der Waals surface area contributed by atoms with Crippen LogP contribution in [0.5, 0.6) is 0 Å². The molecule has 0 radical (unpaired) electrons. The van der Waals surface area contributed by atoms with Crippen molar-refractivity contribution in [1.82, 2.24) is 0 Å². The molecule has 0 aromatic rings. The molecule has 0 aromatic carbocycles. The molecule has 0 aliphatic rings. The van der Waals surface area contributed by atoms with Crippen LogP contribution < -0.4 is 0 Å². The van der Waals surface area contributed by atoms with Gasteiger partial charge in [0, 0.05) is 6.42 Å². The molecule has 3 nitrogen and oxygen atoms in total. The van der Waals surface area contributed by atoms with Crippen molar-refractivity contribution >= 4 is 14.3 Å². The Morgan fingerprint density at radius 2 is 1.60 bits per heavy atom. The van der Waals surface area contributed by atoms with Gasteiger partial charge < -0.3 is 9.53 Å². The third-order valence-corrected chi connectivity index (χ3v) is 8.77. The summed E-state index contributed by atoms with van der Waals surface area (Å²) >= 11 is 0. The van der Waals surface area contributed by atoms with Crippen LogP contribution in [-0.2, 0) is 9.22 Å². The molecule has 0 spiro atoms. The number of hydrogen-bond acceptors (Lipinski definition) is 2. The predicted molar refractivity (Wildman–Crippen MR) is 74.2 cm³/mol. The molecule has 20 heavy (non-hydrogen) atoms. The van der Waals surface area contributed by atoms with Crippen molar-refractivity contribution in [3.05, 3.63) is 0 Å². The molecule has 0 amide bonds. The Kier molecular flexibility index (Phi) is 7.24. The van der Waals surface area contributed by atoms with Gasteiger partial charge in [-0.25, -0.2) is 0 Å². The van der Waals surface area contributed by atoms with Crippen LogP contribution >= 0.6 is 0 Å². The average Bonchev–Trinajstić information content (AvgIpc) is 2.34. The molecule has 7 heteroatoms. The number of aliphatic carboxylic acids is 1. The van der Waals surface area contributed by atoms with Crippen LogP contribution in [0.15, 0.2) is 0 Å². The van der Waals surface area contributed by atoms with E-state index in [0.29, 0.717) is 18.1 Å². The number of halogens is 3. The van der Waals surface area contributed by atoms with Crippen LogP contribution in [0, 0.1) is 0 Å². The minimum absolute atomic E-state index is 0.0348. The number of carboxylic acid groups (broad SMARTS) is 1. The molecule has 1 N–H and O–H groups in total. The fourth-order valence-electron chi connectivity index (χ4n) is 2.27. The van der Waals surface area contributed by atoms with E-state index in [9.17, 15) is 18.0 Å². The quantitative estimate of drug-likeness (QED) is 0.633. The lowest BCUT2D eigenvalue weighted by atomic mass is 9.98. The first kappa shape index (κ1) is 19.4. The van der Waals surface area contributed by atoms with Crippen LogP contribution in [0.2, 0.25) is 18.1 Å². The number of carboxylic acids is 1. The first-order valence-electron chi connectivity index (χ1n) is 7.04. The first-order chi connectivity index (χ1) is 9.06. The highest BCUT2D eigenvalue weighted by molar-refractivity contribution is 6.73. The van der Waals surface area contributed by atoms with E-state index < -0.39 is 26.1 Å². The number of hydrogen-bond donors (Lipinski definition) is 1. The van der Waals surface area contributed by atoms with E-state index in [0.717, 1.165) is 6.92 Å². The summed E-state index contributed by atoms with van der Waals surface area (Å²) in [5.41, 5.74) is -2.24. The number of alkyl halides is 3. The number of rotatable bonds is 9. The summed E-state index contributed by atoms with van der Waals surface area (Å²) in [6.45, 7) is 6.66. The lowest BCUT2D eigenvalue weighted by molar-refractivity contribution is -0.248. The van der Waals surface area contributed by atoms with Crippen molar-refractivity contribution in [3.63, 3.8) is 0 Å². The summed E-state index contributed by atoms with van der Waals surface area (Å²) in [6.07, 6.45) is -5.10. The second kappa shape index (κ2) is 7.45. The summed E-state index contributed by atoms with van der Waals surface area (Å²) in [5, 5.41) is 8.57. The van der Waals surface area contributed by atoms with Crippen LogP contribution in [-0.4, -0.2) is 31.2 Å². The maximum absolute atomic E-state index is 13.3. The second-order valence-electron chi connectivity index (χ2n) is 5.32. The molecule has 0 saturated carbocycles. The molecule has 0 bridgehead atoms. The average molecular weight is 314 g/mol. The van der Waals surface area contributed by atoms with Gasteiger partial charge in [0.1, 0.15) is 5.60 Å². The molecular weight excluding hydrogens is 289 g/mol. The van der Waals surface area contributed by atoms with Crippen molar-refractivity contribution in [2.75, 3.05) is 0 Å². The standard InChI is InChI=1S/C13H25F3O3Si/c1-5-20(6-2,7-3)19-12(4,13(14,15)16)10-8-9-11(17)18/h5-10H2,1-4H3,(H,17,18). The molecule has 0 saturated heterocycles. The minimum Gasteiger partial charge on any atom is -0.481 e. The molecular formula is C13H25F3O3Si. The Hall–Kier alpha value is -0.563. The van der Waals surface area contributed by atoms with Gasteiger partial charge in [0.15, 0.2) is 8.32 Å². The predicted octanol–water partition coefficient (Wildman–Crippen LogP) is 4.58. The van der Waals surface area contributed by atoms with E-state index in [1.807, 2.05) is 20.8 Å². The van der Waals surface area contributed by atoms with E-state index in [1.54, 1.807) is 0 Å². The zero-order chi connectivity index (χ0) is 16.0. The topological polar surface area (TPSA) is 46.5 Å². The zero-order valence-electron chi connectivity index (χ0n) is 12.6. The fourth-order valence-corrected chi connectivity index (χ4v) is 5.38. The third kappa shape index (κ3) is 5.09. The Labute approximate surface area is 119 Å². The van der Waals surface area contributed by atoms with Gasteiger partial charge in [-0.2, -0.15) is 13.2 Å². The molecule has 1 atom stereocenters. The van der Waals surface area contributed by atoms with Gasteiger partial charge in [0.25, 0.3) is 0 Å². The van der Waals surface area contributed by atoms with E-state index >= 15 is 0 Å². The molecule has 0 rings (SSSR count). The summed E-state index contributed by atoms with van der Waals surface area (Å²) in [4.78, 5) is 10.5. The summed E-state index contributed by atoms with van der Waals surface area (Å²) in [5.74, 6) is -1.08. The highest BCUT2D eigenvalue weighted by atomic mass is 28.4. The second-order valence-corrected chi connectivity index (χ2v) is 10.0. The molecule has 1 unspecified atom stereocenters. The molecule has 120 valence electrons. The van der Waals surface area contributed by atoms with Gasteiger partial charge in [-0.05, 0) is 37.9 Å². The van der Waals surface area contributed by atoms with E-state index in [1.165, 1.54) is 0 Å². The van der Waals surface area contributed by atoms with Crippen molar-refractivity contribution in [2.45, 2.75) is 76.9 Å². The number of carbonyl (C=O) groups is 1. The van der Waals surface area contributed by atoms with E-state index in [-0.39, 0.29) is 19.3 Å². The van der Waals surface area contributed by atoms with Crippen molar-refractivity contribution < 1.29 is 27.5 Å². The lowest BCUT2D eigenvalue weighted by Crippen LogP contribution is -2.53. The molecule has 0 fully saturated rings. The van der Waals surface area contributed by atoms with Crippen molar-refractivity contribution in [2.24, 2.45) is 0 Å². The summed E-state index contributed by atoms with van der Waals surface area (Å²) in [7, 11) is -2.41. The Morgan fingerprint density at radius 1 is 1.15 bits per heavy atom. The Balaban J connectivity index is 5.09. The smallest absolute Gasteiger partial charge is 0.416 e. The normalized spacial score (nSPS) is 15.9. The van der Waals surface area contributed by atoms with Crippen molar-refractivity contribution in [1.29, 1.82) is 0 Å². The van der Waals surface area contributed by atoms with Crippen LogP contribution in [0.1, 0.15) is 47.0 Å². The van der Waals surface area contributed by atoms with Crippen LogP contribution in [0.4, 0.5) is 13.2 Å². The maximum Gasteiger partial charge on any atom is 0.416 e. The molecule has 0 aliphatic carbocycles. The maximum atomic E-state index is 13.3. The van der Waals surface area contributed by atoms with Gasteiger partial charge in [-0.15, -0.1) is 0 Å². The van der Waals surface area contributed by atoms with E-state index in [4.69, 9.17) is 9.53 Å². The molecule has 0 heterocycles. The van der Waals surface area contributed by atoms with Crippen LogP contribution in [0.3, 0.4) is 0 Å². The summed E-state index contributed by atoms with van der Waals surface area (Å²) in [6, 6.07) is 1.89. The van der Waals surface area contributed by atoms with E-state index in [2.05, 4.69) is 0 Å². The third-order valence-electron chi connectivity index (χ3n) is 4.02. The SMILES string of the molecule is CC[Si](CC)(CC)OC(C)(CCCC(=O)O)C(F)(F)F. The van der Waals surface area contributed by atoms with Gasteiger partial charge in [-0.1, -0.05) is 20.8 Å². The Bertz CT molecular complexity index is 308. The Morgan fingerprint density at radius 3 is 1.90 bits per heavy atom.